The van der Waals surface area contributed by atoms with Crippen LogP contribution in [-0.4, -0.2) is 24.3 Å². The Hall–Kier alpha value is -1.84. The summed E-state index contributed by atoms with van der Waals surface area (Å²) < 4.78 is 11.6. The Labute approximate surface area is 155 Å². The molecule has 0 bridgehead atoms. The zero-order valence-corrected chi connectivity index (χ0v) is 16.2. The van der Waals surface area contributed by atoms with Crippen LogP contribution in [0.1, 0.15) is 59.3 Å². The molecule has 4 aliphatic rings. The molecule has 0 aromatic rings. The number of Topliss-reactive ketones (excluding diaryl/α,β-unsaturated/α-hetero) is 1. The van der Waals surface area contributed by atoms with E-state index in [9.17, 15) is 9.59 Å². The highest BCUT2D eigenvalue weighted by molar-refractivity contribution is 6.21. The summed E-state index contributed by atoms with van der Waals surface area (Å²) in [5.74, 6) is 0.223. The van der Waals surface area contributed by atoms with Gasteiger partial charge < -0.3 is 9.47 Å². The van der Waals surface area contributed by atoms with Crippen LogP contribution in [0.2, 0.25) is 0 Å². The second kappa shape index (κ2) is 5.34. The van der Waals surface area contributed by atoms with Crippen LogP contribution >= 0.6 is 0 Å². The Morgan fingerprint density at radius 2 is 1.96 bits per heavy atom. The van der Waals surface area contributed by atoms with Crippen LogP contribution in [0.4, 0.5) is 0 Å². The SMILES string of the molecule is C=C1CCCC2[C@]3(C)OC4=C(C[C@]3(C)CC[C@]12C)C(=O)C(OC)=CC4=O. The van der Waals surface area contributed by atoms with Gasteiger partial charge in [-0.2, -0.15) is 0 Å². The fraction of sp³-hybridized carbons (Fsp3) is 0.636. The highest BCUT2D eigenvalue weighted by Gasteiger charge is 2.64. The van der Waals surface area contributed by atoms with Gasteiger partial charge in [-0.15, -0.1) is 0 Å². The predicted molar refractivity (Wildman–Crippen MR) is 98.2 cm³/mol. The summed E-state index contributed by atoms with van der Waals surface area (Å²) in [6.45, 7) is 11.1. The third-order valence-electron chi connectivity index (χ3n) is 7.97. The lowest BCUT2D eigenvalue weighted by Gasteiger charge is -2.64. The quantitative estimate of drug-likeness (QED) is 0.520. The molecule has 0 aromatic heterocycles. The minimum Gasteiger partial charge on any atom is -0.493 e. The highest BCUT2D eigenvalue weighted by Crippen LogP contribution is 2.66. The number of rotatable bonds is 1. The van der Waals surface area contributed by atoms with Gasteiger partial charge in [0.05, 0.1) is 12.7 Å². The molecule has 4 nitrogen and oxygen atoms in total. The molecular weight excluding hydrogens is 328 g/mol. The van der Waals surface area contributed by atoms with Crippen molar-refractivity contribution in [2.45, 2.75) is 64.9 Å². The predicted octanol–water partition coefficient (Wildman–Crippen LogP) is 4.26. The van der Waals surface area contributed by atoms with Crippen molar-refractivity contribution in [2.75, 3.05) is 7.11 Å². The number of ketones is 2. The number of fused-ring (bicyclic) bond motifs is 3. The molecule has 0 amide bonds. The molecule has 0 N–H and O–H groups in total. The molecule has 4 rings (SSSR count). The molecule has 0 saturated heterocycles. The largest absolute Gasteiger partial charge is 0.493 e. The number of allylic oxidation sites excluding steroid dienone is 3. The number of ether oxygens (including phenoxy) is 2. The van der Waals surface area contributed by atoms with E-state index in [4.69, 9.17) is 9.47 Å². The van der Waals surface area contributed by atoms with Crippen molar-refractivity contribution in [1.82, 2.24) is 0 Å². The number of carbonyl (C=O) groups excluding carboxylic acids is 2. The molecule has 26 heavy (non-hydrogen) atoms. The van der Waals surface area contributed by atoms with Crippen LogP contribution in [0.3, 0.4) is 0 Å². The first kappa shape index (κ1) is 17.6. The van der Waals surface area contributed by atoms with Gasteiger partial charge in [0.1, 0.15) is 5.60 Å². The smallest absolute Gasteiger partial charge is 0.227 e. The van der Waals surface area contributed by atoms with E-state index in [-0.39, 0.29) is 33.9 Å². The summed E-state index contributed by atoms with van der Waals surface area (Å²) in [4.78, 5) is 25.4. The monoisotopic (exact) mass is 356 g/mol. The van der Waals surface area contributed by atoms with Crippen molar-refractivity contribution in [3.63, 3.8) is 0 Å². The van der Waals surface area contributed by atoms with E-state index < -0.39 is 5.60 Å². The number of carbonyl (C=O) groups is 2. The third kappa shape index (κ3) is 2.02. The zero-order valence-electron chi connectivity index (χ0n) is 16.2. The molecule has 0 spiro atoms. The van der Waals surface area contributed by atoms with E-state index in [1.165, 1.54) is 18.8 Å². The first-order valence-electron chi connectivity index (χ1n) is 9.61. The van der Waals surface area contributed by atoms with Crippen LogP contribution in [0.15, 0.2) is 35.3 Å². The Morgan fingerprint density at radius 3 is 2.65 bits per heavy atom. The second-order valence-corrected chi connectivity index (χ2v) is 9.13. The third-order valence-corrected chi connectivity index (χ3v) is 7.97. The average Bonchev–Trinajstić information content (AvgIpc) is 2.60. The maximum atomic E-state index is 12.8. The summed E-state index contributed by atoms with van der Waals surface area (Å²) in [5, 5.41) is 0. The first-order chi connectivity index (χ1) is 12.2. The van der Waals surface area contributed by atoms with E-state index in [0.29, 0.717) is 17.9 Å². The number of hydrogen-bond acceptors (Lipinski definition) is 4. The molecule has 1 unspecified atom stereocenters. The van der Waals surface area contributed by atoms with E-state index in [1.807, 2.05) is 0 Å². The fourth-order valence-electron chi connectivity index (χ4n) is 5.94. The molecule has 3 aliphatic carbocycles. The average molecular weight is 356 g/mol. The summed E-state index contributed by atoms with van der Waals surface area (Å²) >= 11 is 0. The normalized spacial score (nSPS) is 42.4. The van der Waals surface area contributed by atoms with E-state index >= 15 is 0 Å². The summed E-state index contributed by atoms with van der Waals surface area (Å²) in [6, 6.07) is 0. The Balaban J connectivity index is 1.81. The van der Waals surface area contributed by atoms with Crippen molar-refractivity contribution in [2.24, 2.45) is 16.7 Å². The molecule has 1 aliphatic heterocycles. The Kier molecular flexibility index (Phi) is 3.61. The van der Waals surface area contributed by atoms with Gasteiger partial charge in [-0.25, -0.2) is 0 Å². The molecule has 4 heteroatoms. The van der Waals surface area contributed by atoms with Gasteiger partial charge in [-0.1, -0.05) is 26.0 Å². The standard InChI is InChI=1S/C22H28O4/c1-13-7-6-8-17-21(13,3)10-9-20(2)12-14-18(24)16(25-5)11-15(23)19(14)26-22(17,20)4/h11,17H,1,6-10,12H2,2-5H3/t17?,20-,21+,22-/m0/s1. The molecule has 1 heterocycles. The van der Waals surface area contributed by atoms with E-state index in [1.54, 1.807) is 0 Å². The lowest BCUT2D eigenvalue weighted by atomic mass is 9.45. The zero-order chi connectivity index (χ0) is 18.9. The molecule has 4 atom stereocenters. The van der Waals surface area contributed by atoms with Crippen molar-refractivity contribution in [3.8, 4) is 0 Å². The topological polar surface area (TPSA) is 52.6 Å². The van der Waals surface area contributed by atoms with Crippen molar-refractivity contribution >= 4 is 11.6 Å². The number of methoxy groups -OCH3 is 1. The Morgan fingerprint density at radius 1 is 1.23 bits per heavy atom. The molecule has 2 saturated carbocycles. The van der Waals surface area contributed by atoms with Crippen molar-refractivity contribution in [3.05, 3.63) is 35.3 Å². The van der Waals surface area contributed by atoms with Gasteiger partial charge in [-0.3, -0.25) is 9.59 Å². The van der Waals surface area contributed by atoms with E-state index in [2.05, 4.69) is 27.4 Å². The van der Waals surface area contributed by atoms with Crippen LogP contribution in [0, 0.1) is 16.7 Å². The molecule has 0 radical (unpaired) electrons. The maximum Gasteiger partial charge on any atom is 0.227 e. The van der Waals surface area contributed by atoms with Crippen molar-refractivity contribution in [1.29, 1.82) is 0 Å². The lowest BCUT2D eigenvalue weighted by Crippen LogP contribution is -2.63. The minimum absolute atomic E-state index is 0.0415. The maximum absolute atomic E-state index is 12.8. The van der Waals surface area contributed by atoms with Crippen LogP contribution in [-0.2, 0) is 19.1 Å². The van der Waals surface area contributed by atoms with Gasteiger partial charge in [0.2, 0.25) is 11.6 Å². The van der Waals surface area contributed by atoms with Gasteiger partial charge in [-0.05, 0) is 50.9 Å². The molecule has 140 valence electrons. The van der Waals surface area contributed by atoms with Crippen molar-refractivity contribution < 1.29 is 19.1 Å². The molecular formula is C22H28O4. The Bertz CT molecular complexity index is 788. The van der Waals surface area contributed by atoms with Crippen LogP contribution in [0.25, 0.3) is 0 Å². The summed E-state index contributed by atoms with van der Waals surface area (Å²) in [6.07, 6.45) is 7.12. The molecule has 2 fully saturated rings. The fourth-order valence-corrected chi connectivity index (χ4v) is 5.94. The lowest BCUT2D eigenvalue weighted by molar-refractivity contribution is -0.202. The van der Waals surface area contributed by atoms with Crippen LogP contribution < -0.4 is 0 Å². The van der Waals surface area contributed by atoms with Gasteiger partial charge in [0, 0.05) is 17.4 Å². The highest BCUT2D eigenvalue weighted by atomic mass is 16.5. The number of hydrogen-bond donors (Lipinski definition) is 0. The molecule has 0 aromatic carbocycles. The summed E-state index contributed by atoms with van der Waals surface area (Å²) in [7, 11) is 1.43. The van der Waals surface area contributed by atoms with Crippen LogP contribution in [0.5, 0.6) is 0 Å². The second-order valence-electron chi connectivity index (χ2n) is 9.13. The van der Waals surface area contributed by atoms with E-state index in [0.717, 1.165) is 32.1 Å². The minimum atomic E-state index is -0.476. The van der Waals surface area contributed by atoms with Gasteiger partial charge >= 0.3 is 0 Å². The van der Waals surface area contributed by atoms with Gasteiger partial charge in [0.25, 0.3) is 0 Å². The summed E-state index contributed by atoms with van der Waals surface area (Å²) in [5.41, 5.74) is 1.19. The first-order valence-corrected chi connectivity index (χ1v) is 9.61. The van der Waals surface area contributed by atoms with Gasteiger partial charge in [0.15, 0.2) is 11.5 Å².